The van der Waals surface area contributed by atoms with Crippen LogP contribution < -0.4 is 5.32 Å². The molecule has 3 atom stereocenters. The van der Waals surface area contributed by atoms with Gasteiger partial charge in [0.25, 0.3) is 0 Å². The van der Waals surface area contributed by atoms with Gasteiger partial charge in [0.2, 0.25) is 0 Å². The van der Waals surface area contributed by atoms with Gasteiger partial charge in [0.05, 0.1) is 6.10 Å². The maximum atomic E-state index is 5.31. The molecule has 3 nitrogen and oxygen atoms in total. The van der Waals surface area contributed by atoms with Crippen LogP contribution in [0.1, 0.15) is 33.6 Å². The van der Waals surface area contributed by atoms with Gasteiger partial charge < -0.3 is 15.0 Å². The van der Waals surface area contributed by atoms with Crippen LogP contribution in [0.4, 0.5) is 0 Å². The van der Waals surface area contributed by atoms with Crippen LogP contribution >= 0.6 is 0 Å². The third kappa shape index (κ3) is 4.49. The molecule has 1 aliphatic rings. The van der Waals surface area contributed by atoms with Gasteiger partial charge in [-0.2, -0.15) is 0 Å². The second-order valence-corrected chi connectivity index (χ2v) is 4.80. The Morgan fingerprint density at radius 3 is 2.33 bits per heavy atom. The van der Waals surface area contributed by atoms with E-state index in [9.17, 15) is 0 Å². The first-order valence-electron chi connectivity index (χ1n) is 6.14. The molecule has 0 spiro atoms. The van der Waals surface area contributed by atoms with Gasteiger partial charge in [-0.15, -0.1) is 0 Å². The van der Waals surface area contributed by atoms with Crippen LogP contribution in [0, 0.1) is 0 Å². The minimum absolute atomic E-state index is 0.283. The number of nitrogens with one attached hydrogen (secondary N) is 1. The van der Waals surface area contributed by atoms with Crippen molar-refractivity contribution < 1.29 is 4.74 Å². The highest BCUT2D eigenvalue weighted by molar-refractivity contribution is 4.77. The molecule has 0 aliphatic carbocycles. The molecule has 0 aromatic carbocycles. The lowest BCUT2D eigenvalue weighted by molar-refractivity contribution is 0.0832. The van der Waals surface area contributed by atoms with E-state index in [1.807, 2.05) is 0 Å². The molecule has 0 saturated carbocycles. The summed E-state index contributed by atoms with van der Waals surface area (Å²) < 4.78 is 5.31. The molecule has 0 amide bonds. The lowest BCUT2D eigenvalue weighted by atomic mass is 10.2. The molecule has 0 bridgehead atoms. The van der Waals surface area contributed by atoms with Crippen LogP contribution in [0.25, 0.3) is 0 Å². The number of hydrogen-bond donors (Lipinski definition) is 1. The van der Waals surface area contributed by atoms with Gasteiger partial charge in [-0.25, -0.2) is 0 Å². The first-order chi connectivity index (χ1) is 7.13. The Balaban J connectivity index is 2.19. The minimum atomic E-state index is 0.283. The average Bonchev–Trinajstić information content (AvgIpc) is 2.68. The summed E-state index contributed by atoms with van der Waals surface area (Å²) in [5.41, 5.74) is 0. The van der Waals surface area contributed by atoms with Crippen molar-refractivity contribution in [3.05, 3.63) is 0 Å². The summed E-state index contributed by atoms with van der Waals surface area (Å²) in [5.74, 6) is 0. The SMILES string of the molecule is COC(C)C(C)NC(C)CN1CCCC1. The fourth-order valence-corrected chi connectivity index (χ4v) is 2.19. The Kier molecular flexibility index (Phi) is 5.58. The molecule has 3 unspecified atom stereocenters. The fourth-order valence-electron chi connectivity index (χ4n) is 2.19. The number of rotatable bonds is 6. The number of nitrogens with zero attached hydrogens (tertiary/aromatic N) is 1. The number of likely N-dealkylation sites (tertiary alicyclic amines) is 1. The Morgan fingerprint density at radius 2 is 1.80 bits per heavy atom. The van der Waals surface area contributed by atoms with Gasteiger partial charge in [0.15, 0.2) is 0 Å². The smallest absolute Gasteiger partial charge is 0.0693 e. The van der Waals surface area contributed by atoms with Crippen LogP contribution in [0.5, 0.6) is 0 Å². The van der Waals surface area contributed by atoms with Crippen molar-refractivity contribution in [2.24, 2.45) is 0 Å². The fraction of sp³-hybridized carbons (Fsp3) is 1.00. The van der Waals surface area contributed by atoms with E-state index in [2.05, 4.69) is 31.0 Å². The van der Waals surface area contributed by atoms with Gasteiger partial charge in [0.1, 0.15) is 0 Å². The number of methoxy groups -OCH3 is 1. The van der Waals surface area contributed by atoms with E-state index in [0.717, 1.165) is 0 Å². The van der Waals surface area contributed by atoms with Crippen LogP contribution in [0.3, 0.4) is 0 Å². The van der Waals surface area contributed by atoms with Gasteiger partial charge >= 0.3 is 0 Å². The minimum Gasteiger partial charge on any atom is -0.380 e. The highest BCUT2D eigenvalue weighted by Crippen LogP contribution is 2.08. The summed E-state index contributed by atoms with van der Waals surface area (Å²) in [6, 6.07) is 0.975. The van der Waals surface area contributed by atoms with Crippen molar-refractivity contribution in [2.45, 2.75) is 51.8 Å². The molecular weight excluding hydrogens is 188 g/mol. The van der Waals surface area contributed by atoms with E-state index >= 15 is 0 Å². The molecular formula is C12H26N2O. The molecule has 0 radical (unpaired) electrons. The molecule has 1 heterocycles. The first kappa shape index (κ1) is 12.9. The summed E-state index contributed by atoms with van der Waals surface area (Å²) >= 11 is 0. The molecule has 1 aliphatic heterocycles. The molecule has 90 valence electrons. The Bertz CT molecular complexity index is 169. The van der Waals surface area contributed by atoms with Crippen molar-refractivity contribution >= 4 is 0 Å². The zero-order valence-electron chi connectivity index (χ0n) is 10.6. The number of hydrogen-bond acceptors (Lipinski definition) is 3. The highest BCUT2D eigenvalue weighted by Gasteiger charge is 2.17. The monoisotopic (exact) mass is 214 g/mol. The largest absolute Gasteiger partial charge is 0.380 e. The number of ether oxygens (including phenoxy) is 1. The zero-order valence-corrected chi connectivity index (χ0v) is 10.6. The standard InChI is InChI=1S/C12H26N2O/c1-10(9-14-7-5-6-8-14)13-11(2)12(3)15-4/h10-13H,5-9H2,1-4H3. The van der Waals surface area contributed by atoms with Gasteiger partial charge in [0, 0.05) is 25.7 Å². The normalized spacial score (nSPS) is 24.0. The van der Waals surface area contributed by atoms with E-state index in [-0.39, 0.29) is 6.10 Å². The molecule has 1 fully saturated rings. The third-order valence-electron chi connectivity index (χ3n) is 3.35. The Morgan fingerprint density at radius 1 is 1.20 bits per heavy atom. The van der Waals surface area contributed by atoms with Crippen molar-refractivity contribution in [1.82, 2.24) is 10.2 Å². The average molecular weight is 214 g/mol. The van der Waals surface area contributed by atoms with Gasteiger partial charge in [-0.1, -0.05) is 0 Å². The van der Waals surface area contributed by atoms with Crippen LogP contribution in [-0.4, -0.2) is 49.8 Å². The van der Waals surface area contributed by atoms with Crippen LogP contribution in [-0.2, 0) is 4.74 Å². The second-order valence-electron chi connectivity index (χ2n) is 4.80. The van der Waals surface area contributed by atoms with Crippen molar-refractivity contribution in [3.8, 4) is 0 Å². The predicted molar refractivity (Wildman–Crippen MR) is 64.2 cm³/mol. The van der Waals surface area contributed by atoms with E-state index < -0.39 is 0 Å². The summed E-state index contributed by atoms with van der Waals surface area (Å²) in [4.78, 5) is 2.54. The van der Waals surface area contributed by atoms with Crippen LogP contribution in [0.2, 0.25) is 0 Å². The molecule has 0 aromatic heterocycles. The maximum absolute atomic E-state index is 5.31. The maximum Gasteiger partial charge on any atom is 0.0693 e. The Labute approximate surface area is 94.2 Å². The molecule has 0 aromatic rings. The molecule has 1 N–H and O–H groups in total. The topological polar surface area (TPSA) is 24.5 Å². The Hall–Kier alpha value is -0.120. The highest BCUT2D eigenvalue weighted by atomic mass is 16.5. The van der Waals surface area contributed by atoms with Crippen molar-refractivity contribution in [1.29, 1.82) is 0 Å². The predicted octanol–water partition coefficient (Wildman–Crippen LogP) is 1.48. The lowest BCUT2D eigenvalue weighted by Crippen LogP contribution is -2.46. The molecule has 3 heteroatoms. The second kappa shape index (κ2) is 6.46. The van der Waals surface area contributed by atoms with E-state index in [1.54, 1.807) is 7.11 Å². The quantitative estimate of drug-likeness (QED) is 0.725. The van der Waals surface area contributed by atoms with Crippen LogP contribution in [0.15, 0.2) is 0 Å². The van der Waals surface area contributed by atoms with E-state index in [4.69, 9.17) is 4.74 Å². The molecule has 1 saturated heterocycles. The zero-order chi connectivity index (χ0) is 11.3. The summed E-state index contributed by atoms with van der Waals surface area (Å²) in [6.45, 7) is 10.3. The van der Waals surface area contributed by atoms with E-state index in [0.29, 0.717) is 12.1 Å². The van der Waals surface area contributed by atoms with E-state index in [1.165, 1.54) is 32.5 Å². The molecule has 1 rings (SSSR count). The summed E-state index contributed by atoms with van der Waals surface area (Å²) in [5, 5.41) is 3.59. The van der Waals surface area contributed by atoms with Gasteiger partial charge in [-0.05, 0) is 46.7 Å². The first-order valence-corrected chi connectivity index (χ1v) is 6.14. The van der Waals surface area contributed by atoms with Crippen molar-refractivity contribution in [2.75, 3.05) is 26.7 Å². The van der Waals surface area contributed by atoms with Gasteiger partial charge in [-0.3, -0.25) is 0 Å². The summed E-state index contributed by atoms with van der Waals surface area (Å²) in [6.07, 6.45) is 3.03. The van der Waals surface area contributed by atoms with Crippen molar-refractivity contribution in [3.63, 3.8) is 0 Å². The summed E-state index contributed by atoms with van der Waals surface area (Å²) in [7, 11) is 1.77. The molecule has 15 heavy (non-hydrogen) atoms. The third-order valence-corrected chi connectivity index (χ3v) is 3.35. The lowest BCUT2D eigenvalue weighted by Gasteiger charge is -2.27.